The van der Waals surface area contributed by atoms with E-state index in [2.05, 4.69) is 9.71 Å². The maximum absolute atomic E-state index is 13.6. The van der Waals surface area contributed by atoms with E-state index in [-0.39, 0.29) is 17.3 Å². The summed E-state index contributed by atoms with van der Waals surface area (Å²) in [4.78, 5) is 3.44. The van der Waals surface area contributed by atoms with Crippen LogP contribution in [0.5, 0.6) is 5.75 Å². The van der Waals surface area contributed by atoms with Crippen LogP contribution in [0.4, 0.5) is 4.39 Å². The molecule has 0 unspecified atom stereocenters. The average Bonchev–Trinajstić information content (AvgIpc) is 2.91. The molecule has 2 N–H and O–H groups in total. The first kappa shape index (κ1) is 19.4. The van der Waals surface area contributed by atoms with Gasteiger partial charge in [0.05, 0.1) is 12.0 Å². The summed E-state index contributed by atoms with van der Waals surface area (Å²) in [5.41, 5.74) is 4.04. The minimum Gasteiger partial charge on any atom is -0.496 e. The van der Waals surface area contributed by atoms with Crippen LogP contribution in [0.1, 0.15) is 22.4 Å². The van der Waals surface area contributed by atoms with E-state index in [1.807, 2.05) is 6.92 Å². The lowest BCUT2D eigenvalue weighted by atomic mass is 10.1. The molecule has 2 aromatic carbocycles. The molecular weight excluding hydrogens is 367 g/mol. The van der Waals surface area contributed by atoms with Gasteiger partial charge in [0.1, 0.15) is 11.6 Å². The molecule has 1 aromatic heterocycles. The summed E-state index contributed by atoms with van der Waals surface area (Å²) in [6.07, 6.45) is 0.461. The maximum atomic E-state index is 13.6. The fourth-order valence-electron chi connectivity index (χ4n) is 3.34. The van der Waals surface area contributed by atoms with Crippen LogP contribution in [0.25, 0.3) is 10.9 Å². The molecule has 0 aliphatic heterocycles. The van der Waals surface area contributed by atoms with Crippen molar-refractivity contribution < 1.29 is 17.5 Å². The molecule has 7 heteroatoms. The number of fused-ring (bicyclic) bond motifs is 1. The van der Waals surface area contributed by atoms with Gasteiger partial charge in [0.25, 0.3) is 0 Å². The minimum absolute atomic E-state index is 0.219. The molecule has 3 rings (SSSR count). The van der Waals surface area contributed by atoms with E-state index < -0.39 is 10.0 Å². The molecule has 0 saturated heterocycles. The highest BCUT2D eigenvalue weighted by Crippen LogP contribution is 2.26. The number of aromatic amines is 1. The lowest BCUT2D eigenvalue weighted by Crippen LogP contribution is -2.27. The Labute approximate surface area is 158 Å². The van der Waals surface area contributed by atoms with Gasteiger partial charge in [-0.1, -0.05) is 0 Å². The smallest absolute Gasteiger partial charge is 0.240 e. The number of ether oxygens (including phenoxy) is 1. The van der Waals surface area contributed by atoms with Crippen LogP contribution in [0, 0.1) is 26.6 Å². The summed E-state index contributed by atoms with van der Waals surface area (Å²) in [5.74, 6) is 0.343. The number of sulfonamides is 1. The van der Waals surface area contributed by atoms with Crippen molar-refractivity contribution in [2.45, 2.75) is 32.1 Å². The first-order chi connectivity index (χ1) is 12.7. The third-order valence-electron chi connectivity index (χ3n) is 4.73. The Morgan fingerprint density at radius 2 is 1.85 bits per heavy atom. The van der Waals surface area contributed by atoms with E-state index in [9.17, 15) is 12.8 Å². The van der Waals surface area contributed by atoms with Crippen molar-refractivity contribution in [3.8, 4) is 5.75 Å². The van der Waals surface area contributed by atoms with Crippen LogP contribution in [0.2, 0.25) is 0 Å². The van der Waals surface area contributed by atoms with Gasteiger partial charge in [-0.05, 0) is 74.2 Å². The predicted octanol–water partition coefficient (Wildman–Crippen LogP) is 3.76. The molecule has 0 spiro atoms. The second-order valence-corrected chi connectivity index (χ2v) is 8.39. The minimum atomic E-state index is -3.66. The number of methoxy groups -OCH3 is 1. The zero-order chi connectivity index (χ0) is 19.8. The molecule has 5 nitrogen and oxygen atoms in total. The van der Waals surface area contributed by atoms with Crippen molar-refractivity contribution in [1.82, 2.24) is 9.71 Å². The third-order valence-corrected chi connectivity index (χ3v) is 6.33. The second kappa shape index (κ2) is 7.32. The van der Waals surface area contributed by atoms with Crippen LogP contribution >= 0.6 is 0 Å². The van der Waals surface area contributed by atoms with Crippen LogP contribution in [0.15, 0.2) is 35.2 Å². The van der Waals surface area contributed by atoms with Crippen molar-refractivity contribution >= 4 is 20.9 Å². The molecule has 0 atom stereocenters. The number of aromatic nitrogens is 1. The molecule has 1 heterocycles. The third kappa shape index (κ3) is 3.84. The van der Waals surface area contributed by atoms with E-state index in [0.717, 1.165) is 27.7 Å². The normalized spacial score (nSPS) is 11.9. The van der Waals surface area contributed by atoms with Crippen molar-refractivity contribution in [3.63, 3.8) is 0 Å². The lowest BCUT2D eigenvalue weighted by molar-refractivity contribution is 0.411. The number of benzene rings is 2. The zero-order valence-electron chi connectivity index (χ0n) is 15.8. The largest absolute Gasteiger partial charge is 0.496 e. The Morgan fingerprint density at radius 1 is 1.11 bits per heavy atom. The highest BCUT2D eigenvalue weighted by atomic mass is 32.2. The van der Waals surface area contributed by atoms with Gasteiger partial charge in [-0.2, -0.15) is 0 Å². The summed E-state index contributed by atoms with van der Waals surface area (Å²) < 4.78 is 46.9. The number of hydrogen-bond donors (Lipinski definition) is 2. The molecule has 27 heavy (non-hydrogen) atoms. The summed E-state index contributed by atoms with van der Waals surface area (Å²) in [6.45, 7) is 5.67. The number of H-pyrrole nitrogens is 1. The lowest BCUT2D eigenvalue weighted by Gasteiger charge is -2.13. The molecular formula is C20H23FN2O3S. The molecule has 0 fully saturated rings. The van der Waals surface area contributed by atoms with Gasteiger partial charge in [-0.3, -0.25) is 0 Å². The maximum Gasteiger partial charge on any atom is 0.240 e. The fraction of sp³-hybridized carbons (Fsp3) is 0.300. The summed E-state index contributed by atoms with van der Waals surface area (Å²) in [5, 5.41) is 0.781. The van der Waals surface area contributed by atoms with Gasteiger partial charge < -0.3 is 9.72 Å². The molecule has 0 radical (unpaired) electrons. The van der Waals surface area contributed by atoms with Gasteiger partial charge >= 0.3 is 0 Å². The average molecular weight is 390 g/mol. The molecule has 0 amide bonds. The zero-order valence-corrected chi connectivity index (χ0v) is 16.6. The van der Waals surface area contributed by atoms with Gasteiger partial charge in [0.2, 0.25) is 10.0 Å². The van der Waals surface area contributed by atoms with Crippen molar-refractivity contribution in [2.24, 2.45) is 0 Å². The Bertz CT molecular complexity index is 1100. The van der Waals surface area contributed by atoms with Gasteiger partial charge in [-0.15, -0.1) is 0 Å². The van der Waals surface area contributed by atoms with Gasteiger partial charge in [-0.25, -0.2) is 17.5 Å². The Morgan fingerprint density at radius 3 is 2.56 bits per heavy atom. The van der Waals surface area contributed by atoms with Crippen molar-refractivity contribution in [2.75, 3.05) is 13.7 Å². The Hall–Kier alpha value is -2.38. The standard InChI is InChI=1S/C20H23FN2O3S/c1-12-10-20(13(2)9-19(12)26-4)27(24,25)22-8-7-16-14(3)23-18-6-5-15(21)11-17(16)18/h5-6,9-11,22-23H,7-8H2,1-4H3. The summed E-state index contributed by atoms with van der Waals surface area (Å²) in [6, 6.07) is 7.90. The number of aryl methyl sites for hydroxylation is 3. The first-order valence-electron chi connectivity index (χ1n) is 8.64. The van der Waals surface area contributed by atoms with E-state index in [4.69, 9.17) is 4.74 Å². The SMILES string of the molecule is COc1cc(C)c(S(=O)(=O)NCCc2c(C)[nH]c3ccc(F)cc23)cc1C. The van der Waals surface area contributed by atoms with Crippen molar-refractivity contribution in [3.05, 3.63) is 58.5 Å². The number of nitrogens with one attached hydrogen (secondary N) is 2. The van der Waals surface area contributed by atoms with Gasteiger partial charge in [0.15, 0.2) is 0 Å². The van der Waals surface area contributed by atoms with Crippen molar-refractivity contribution in [1.29, 1.82) is 0 Å². The van der Waals surface area contributed by atoms with Gasteiger partial charge in [0, 0.05) is 23.1 Å². The number of halogens is 1. The Balaban J connectivity index is 1.80. The fourth-order valence-corrected chi connectivity index (χ4v) is 4.68. The number of rotatable bonds is 6. The monoisotopic (exact) mass is 390 g/mol. The summed E-state index contributed by atoms with van der Waals surface area (Å²) in [7, 11) is -2.10. The summed E-state index contributed by atoms with van der Waals surface area (Å²) >= 11 is 0. The van der Waals surface area contributed by atoms with E-state index in [0.29, 0.717) is 17.7 Å². The molecule has 0 bridgehead atoms. The van der Waals surface area contributed by atoms with E-state index in [1.165, 1.54) is 12.1 Å². The second-order valence-electron chi connectivity index (χ2n) is 6.65. The van der Waals surface area contributed by atoms with Crippen LogP contribution in [-0.2, 0) is 16.4 Å². The Kier molecular flexibility index (Phi) is 5.26. The quantitative estimate of drug-likeness (QED) is 0.673. The topological polar surface area (TPSA) is 71.2 Å². The van der Waals surface area contributed by atoms with Crippen LogP contribution in [0.3, 0.4) is 0 Å². The first-order valence-corrected chi connectivity index (χ1v) is 10.1. The van der Waals surface area contributed by atoms with Crippen LogP contribution < -0.4 is 9.46 Å². The predicted molar refractivity (Wildman–Crippen MR) is 104 cm³/mol. The molecule has 0 aliphatic carbocycles. The van der Waals surface area contributed by atoms with Crippen LogP contribution in [-0.4, -0.2) is 27.1 Å². The highest BCUT2D eigenvalue weighted by molar-refractivity contribution is 7.89. The number of hydrogen-bond acceptors (Lipinski definition) is 3. The highest BCUT2D eigenvalue weighted by Gasteiger charge is 2.19. The van der Waals surface area contributed by atoms with E-state index >= 15 is 0 Å². The molecule has 144 valence electrons. The van der Waals surface area contributed by atoms with E-state index in [1.54, 1.807) is 39.2 Å². The molecule has 0 aliphatic rings. The molecule has 3 aromatic rings. The molecule has 0 saturated carbocycles.